The van der Waals surface area contributed by atoms with Crippen molar-refractivity contribution in [1.29, 1.82) is 0 Å². The number of amides is 2. The SMILES string of the molecule is CC(C)N1CCC(Oc2ccc(C3=CCN(C(=O)c4ccc(C(=O)N5CCCC5)cc4)CC3)cc2)CC1. The fraction of sp³-hybridized carbons (Fsp3) is 0.484. The molecular formula is C31H39N3O3. The number of ether oxygens (including phenoxy) is 1. The molecule has 2 fully saturated rings. The molecule has 2 aromatic carbocycles. The average molecular weight is 502 g/mol. The lowest BCUT2D eigenvalue weighted by atomic mass is 9.98. The number of rotatable bonds is 6. The molecule has 37 heavy (non-hydrogen) atoms. The third-order valence-electron chi connectivity index (χ3n) is 8.00. The van der Waals surface area contributed by atoms with Gasteiger partial charge in [-0.25, -0.2) is 0 Å². The van der Waals surface area contributed by atoms with Crippen LogP contribution in [-0.2, 0) is 0 Å². The molecule has 3 heterocycles. The van der Waals surface area contributed by atoms with Gasteiger partial charge in [-0.2, -0.15) is 0 Å². The average Bonchev–Trinajstić information content (AvgIpc) is 3.48. The van der Waals surface area contributed by atoms with Crippen LogP contribution in [0.4, 0.5) is 0 Å². The predicted molar refractivity (Wildman–Crippen MR) is 147 cm³/mol. The Morgan fingerprint density at radius 3 is 1.92 bits per heavy atom. The minimum atomic E-state index is 0.0164. The number of piperidine rings is 1. The van der Waals surface area contributed by atoms with E-state index in [0.717, 1.165) is 64.0 Å². The topological polar surface area (TPSA) is 53.1 Å². The molecule has 0 aliphatic carbocycles. The Balaban J connectivity index is 1.13. The van der Waals surface area contributed by atoms with Crippen LogP contribution in [0.15, 0.2) is 54.6 Å². The molecule has 0 aromatic heterocycles. The number of carbonyl (C=O) groups excluding carboxylic acids is 2. The molecule has 0 N–H and O–H groups in total. The summed E-state index contributed by atoms with van der Waals surface area (Å²) in [7, 11) is 0. The van der Waals surface area contributed by atoms with Gasteiger partial charge in [0, 0.05) is 56.4 Å². The van der Waals surface area contributed by atoms with Crippen molar-refractivity contribution >= 4 is 17.4 Å². The zero-order valence-electron chi connectivity index (χ0n) is 22.2. The van der Waals surface area contributed by atoms with Crippen molar-refractivity contribution < 1.29 is 14.3 Å². The van der Waals surface area contributed by atoms with Crippen molar-refractivity contribution in [3.8, 4) is 5.75 Å². The summed E-state index contributed by atoms with van der Waals surface area (Å²) >= 11 is 0. The molecule has 2 saturated heterocycles. The van der Waals surface area contributed by atoms with Crippen LogP contribution in [0.3, 0.4) is 0 Å². The van der Waals surface area contributed by atoms with Crippen molar-refractivity contribution in [2.75, 3.05) is 39.3 Å². The molecule has 0 radical (unpaired) electrons. The summed E-state index contributed by atoms with van der Waals surface area (Å²) < 4.78 is 6.25. The summed E-state index contributed by atoms with van der Waals surface area (Å²) in [6.07, 6.45) is 7.57. The van der Waals surface area contributed by atoms with E-state index >= 15 is 0 Å². The summed E-state index contributed by atoms with van der Waals surface area (Å²) in [4.78, 5) is 31.9. The second-order valence-electron chi connectivity index (χ2n) is 10.8. The van der Waals surface area contributed by atoms with E-state index in [1.807, 2.05) is 9.80 Å². The van der Waals surface area contributed by atoms with Crippen LogP contribution >= 0.6 is 0 Å². The molecule has 5 rings (SSSR count). The van der Waals surface area contributed by atoms with E-state index in [1.54, 1.807) is 24.3 Å². The highest BCUT2D eigenvalue weighted by Gasteiger charge is 2.23. The first-order chi connectivity index (χ1) is 18.0. The molecule has 3 aliphatic rings. The molecule has 2 aromatic rings. The van der Waals surface area contributed by atoms with Gasteiger partial charge in [-0.1, -0.05) is 18.2 Å². The van der Waals surface area contributed by atoms with Gasteiger partial charge in [0.05, 0.1) is 0 Å². The number of hydrogen-bond acceptors (Lipinski definition) is 4. The molecule has 0 unspecified atom stereocenters. The maximum absolute atomic E-state index is 13.1. The van der Waals surface area contributed by atoms with E-state index in [9.17, 15) is 9.59 Å². The Kier molecular flexibility index (Phi) is 7.94. The van der Waals surface area contributed by atoms with Crippen molar-refractivity contribution in [3.05, 3.63) is 71.3 Å². The lowest BCUT2D eigenvalue weighted by Gasteiger charge is -2.34. The quantitative estimate of drug-likeness (QED) is 0.552. The Bertz CT molecular complexity index is 1110. The fourth-order valence-electron chi connectivity index (χ4n) is 5.61. The lowest BCUT2D eigenvalue weighted by Crippen LogP contribution is -2.41. The Hall–Kier alpha value is -3.12. The standard InChI is InChI=1S/C31H39N3O3/c1-23(2)32-21-15-29(16-22-32)37-28-11-9-24(10-12-28)25-13-19-34(20-14-25)31(36)27-7-5-26(6-8-27)30(35)33-17-3-4-18-33/h5-13,23,29H,3-4,14-22H2,1-2H3. The summed E-state index contributed by atoms with van der Waals surface area (Å²) in [5, 5.41) is 0. The smallest absolute Gasteiger partial charge is 0.254 e. The highest BCUT2D eigenvalue weighted by molar-refractivity contribution is 5.98. The van der Waals surface area contributed by atoms with Crippen LogP contribution in [-0.4, -0.2) is 77.9 Å². The first-order valence-electron chi connectivity index (χ1n) is 13.9. The van der Waals surface area contributed by atoms with Crippen molar-refractivity contribution in [3.63, 3.8) is 0 Å². The van der Waals surface area contributed by atoms with Gasteiger partial charge in [0.2, 0.25) is 0 Å². The van der Waals surface area contributed by atoms with Gasteiger partial charge >= 0.3 is 0 Å². The van der Waals surface area contributed by atoms with Crippen molar-refractivity contribution in [2.45, 2.75) is 58.1 Å². The molecule has 3 aliphatic heterocycles. The zero-order chi connectivity index (χ0) is 25.8. The van der Waals surface area contributed by atoms with Gasteiger partial charge in [-0.3, -0.25) is 9.59 Å². The number of carbonyl (C=O) groups is 2. The molecule has 0 saturated carbocycles. The first kappa shape index (κ1) is 25.5. The maximum atomic E-state index is 13.1. The molecule has 0 bridgehead atoms. The Morgan fingerprint density at radius 2 is 1.38 bits per heavy atom. The van der Waals surface area contributed by atoms with Crippen molar-refractivity contribution in [1.82, 2.24) is 14.7 Å². The highest BCUT2D eigenvalue weighted by atomic mass is 16.5. The van der Waals surface area contributed by atoms with Gasteiger partial charge < -0.3 is 19.4 Å². The van der Waals surface area contributed by atoms with E-state index in [2.05, 4.69) is 49.1 Å². The second-order valence-corrected chi connectivity index (χ2v) is 10.8. The summed E-state index contributed by atoms with van der Waals surface area (Å²) in [6.45, 7) is 9.65. The maximum Gasteiger partial charge on any atom is 0.254 e. The van der Waals surface area contributed by atoms with E-state index in [-0.39, 0.29) is 11.8 Å². The van der Waals surface area contributed by atoms with Crippen LogP contribution in [0, 0.1) is 0 Å². The number of likely N-dealkylation sites (tertiary alicyclic amines) is 2. The zero-order valence-corrected chi connectivity index (χ0v) is 22.2. The monoisotopic (exact) mass is 501 g/mol. The van der Waals surface area contributed by atoms with Crippen LogP contribution in [0.2, 0.25) is 0 Å². The number of hydrogen-bond donors (Lipinski definition) is 0. The minimum absolute atomic E-state index is 0.0164. The normalized spacial score (nSPS) is 19.3. The molecule has 6 nitrogen and oxygen atoms in total. The van der Waals surface area contributed by atoms with Crippen LogP contribution in [0.25, 0.3) is 5.57 Å². The predicted octanol–water partition coefficient (Wildman–Crippen LogP) is 5.10. The van der Waals surface area contributed by atoms with Crippen LogP contribution in [0.1, 0.15) is 72.2 Å². The van der Waals surface area contributed by atoms with Gasteiger partial charge in [0.15, 0.2) is 0 Å². The minimum Gasteiger partial charge on any atom is -0.490 e. The largest absolute Gasteiger partial charge is 0.490 e. The van der Waals surface area contributed by atoms with Gasteiger partial charge in [-0.15, -0.1) is 0 Å². The van der Waals surface area contributed by atoms with Crippen LogP contribution < -0.4 is 4.74 Å². The molecule has 0 spiro atoms. The van der Waals surface area contributed by atoms with Gasteiger partial charge in [0.25, 0.3) is 11.8 Å². The van der Waals surface area contributed by atoms with Crippen molar-refractivity contribution in [2.24, 2.45) is 0 Å². The number of nitrogens with zero attached hydrogens (tertiary/aromatic N) is 3. The van der Waals surface area contributed by atoms with Gasteiger partial charge in [0.1, 0.15) is 11.9 Å². The fourth-order valence-corrected chi connectivity index (χ4v) is 5.61. The molecular weight excluding hydrogens is 462 g/mol. The van der Waals surface area contributed by atoms with E-state index in [1.165, 1.54) is 11.1 Å². The van der Waals surface area contributed by atoms with Crippen LogP contribution in [0.5, 0.6) is 5.75 Å². The molecule has 6 heteroatoms. The second kappa shape index (κ2) is 11.5. The van der Waals surface area contributed by atoms with E-state index in [4.69, 9.17) is 4.74 Å². The van der Waals surface area contributed by atoms with E-state index in [0.29, 0.717) is 36.4 Å². The summed E-state index contributed by atoms with van der Waals surface area (Å²) in [5.41, 5.74) is 3.76. The highest BCUT2D eigenvalue weighted by Crippen LogP contribution is 2.27. The molecule has 0 atom stereocenters. The summed E-state index contributed by atoms with van der Waals surface area (Å²) in [5.74, 6) is 1.02. The Morgan fingerprint density at radius 1 is 0.784 bits per heavy atom. The first-order valence-corrected chi connectivity index (χ1v) is 13.9. The summed E-state index contributed by atoms with van der Waals surface area (Å²) in [6, 6.07) is 16.2. The third kappa shape index (κ3) is 6.07. The lowest BCUT2D eigenvalue weighted by molar-refractivity contribution is 0.0767. The van der Waals surface area contributed by atoms with E-state index < -0.39 is 0 Å². The molecule has 2 amide bonds. The Labute approximate surface area is 220 Å². The molecule has 196 valence electrons. The number of benzene rings is 2. The third-order valence-corrected chi connectivity index (χ3v) is 8.00. The van der Waals surface area contributed by atoms with Gasteiger partial charge in [-0.05, 0) is 93.5 Å².